The van der Waals surface area contributed by atoms with Crippen LogP contribution in [0.5, 0.6) is 5.75 Å². The van der Waals surface area contributed by atoms with Gasteiger partial charge in [0.25, 0.3) is 5.56 Å². The maximum Gasteiger partial charge on any atom is 0.297 e. The van der Waals surface area contributed by atoms with Gasteiger partial charge in [-0.25, -0.2) is 0 Å². The predicted molar refractivity (Wildman–Crippen MR) is 80.3 cm³/mol. The van der Waals surface area contributed by atoms with Gasteiger partial charge in [-0.05, 0) is 17.7 Å². The van der Waals surface area contributed by atoms with Crippen LogP contribution in [0.4, 0.5) is 5.13 Å². The first-order valence-electron chi connectivity index (χ1n) is 6.27. The molecule has 3 rings (SSSR count). The first-order valence-corrected chi connectivity index (χ1v) is 7.09. The van der Waals surface area contributed by atoms with Gasteiger partial charge in [0, 0.05) is 13.5 Å². The van der Waals surface area contributed by atoms with Gasteiger partial charge in [-0.3, -0.25) is 4.79 Å². The van der Waals surface area contributed by atoms with Gasteiger partial charge >= 0.3 is 0 Å². The third-order valence-electron chi connectivity index (χ3n) is 2.98. The molecule has 0 unspecified atom stereocenters. The maximum absolute atomic E-state index is 12.4. The lowest BCUT2D eigenvalue weighted by Crippen LogP contribution is -2.22. The number of methoxy groups -OCH3 is 1. The standard InChI is InChI=1S/C13H13N5O2S/c1-14-12-17-18-11(19)10(15-16-13(18)21-12)7-8-4-3-5-9(6-8)20-2/h3-6H,7H2,1-2H3,(H,14,17). The molecule has 0 aliphatic carbocycles. The average Bonchev–Trinajstić information content (AvgIpc) is 2.94. The summed E-state index contributed by atoms with van der Waals surface area (Å²) in [6.45, 7) is 0. The molecular weight excluding hydrogens is 290 g/mol. The van der Waals surface area contributed by atoms with E-state index in [4.69, 9.17) is 4.74 Å². The highest BCUT2D eigenvalue weighted by atomic mass is 32.1. The van der Waals surface area contributed by atoms with Gasteiger partial charge in [0.2, 0.25) is 10.1 Å². The monoisotopic (exact) mass is 303 g/mol. The number of hydrogen-bond acceptors (Lipinski definition) is 7. The van der Waals surface area contributed by atoms with Crippen molar-refractivity contribution in [3.63, 3.8) is 0 Å². The number of benzene rings is 1. The quantitative estimate of drug-likeness (QED) is 0.779. The van der Waals surface area contributed by atoms with Crippen molar-refractivity contribution in [3.05, 3.63) is 45.9 Å². The fourth-order valence-corrected chi connectivity index (χ4v) is 2.62. The molecule has 0 aliphatic rings. The highest BCUT2D eigenvalue weighted by Gasteiger charge is 2.12. The van der Waals surface area contributed by atoms with E-state index in [0.717, 1.165) is 11.3 Å². The Morgan fingerprint density at radius 3 is 3.00 bits per heavy atom. The minimum atomic E-state index is -0.249. The van der Waals surface area contributed by atoms with Crippen LogP contribution in [0.15, 0.2) is 29.1 Å². The lowest BCUT2D eigenvalue weighted by atomic mass is 10.1. The van der Waals surface area contributed by atoms with E-state index in [1.54, 1.807) is 14.2 Å². The molecule has 0 aliphatic heterocycles. The molecule has 2 heterocycles. The van der Waals surface area contributed by atoms with Gasteiger partial charge in [-0.1, -0.05) is 23.5 Å². The van der Waals surface area contributed by atoms with E-state index in [0.29, 0.717) is 22.2 Å². The molecule has 21 heavy (non-hydrogen) atoms. The zero-order valence-electron chi connectivity index (χ0n) is 11.5. The van der Waals surface area contributed by atoms with Crippen molar-refractivity contribution in [2.24, 2.45) is 0 Å². The number of anilines is 1. The molecule has 0 amide bonds. The minimum Gasteiger partial charge on any atom is -0.497 e. The van der Waals surface area contributed by atoms with Crippen LogP contribution in [0.2, 0.25) is 0 Å². The summed E-state index contributed by atoms with van der Waals surface area (Å²) in [5.41, 5.74) is 1.04. The number of hydrogen-bond donors (Lipinski definition) is 1. The van der Waals surface area contributed by atoms with E-state index in [1.807, 2.05) is 24.3 Å². The number of rotatable bonds is 4. The summed E-state index contributed by atoms with van der Waals surface area (Å²) in [7, 11) is 3.35. The van der Waals surface area contributed by atoms with Crippen LogP contribution in [0.25, 0.3) is 4.96 Å². The molecule has 0 bridgehead atoms. The van der Waals surface area contributed by atoms with Crippen molar-refractivity contribution in [1.82, 2.24) is 19.8 Å². The molecule has 7 nitrogen and oxygen atoms in total. The number of nitrogens with zero attached hydrogens (tertiary/aromatic N) is 4. The van der Waals surface area contributed by atoms with Crippen molar-refractivity contribution >= 4 is 21.4 Å². The minimum absolute atomic E-state index is 0.249. The number of fused-ring (bicyclic) bond motifs is 1. The molecule has 0 saturated heterocycles. The molecule has 3 aromatic rings. The van der Waals surface area contributed by atoms with Crippen LogP contribution in [0.1, 0.15) is 11.3 Å². The summed E-state index contributed by atoms with van der Waals surface area (Å²) < 4.78 is 6.45. The summed E-state index contributed by atoms with van der Waals surface area (Å²) in [5, 5.41) is 15.7. The van der Waals surface area contributed by atoms with Crippen LogP contribution < -0.4 is 15.6 Å². The fourth-order valence-electron chi connectivity index (χ4n) is 1.93. The Balaban J connectivity index is 2.00. The van der Waals surface area contributed by atoms with Gasteiger partial charge < -0.3 is 10.1 Å². The van der Waals surface area contributed by atoms with Crippen molar-refractivity contribution in [2.75, 3.05) is 19.5 Å². The topological polar surface area (TPSA) is 81.4 Å². The molecule has 0 atom stereocenters. The lowest BCUT2D eigenvalue weighted by molar-refractivity contribution is 0.414. The Bertz CT molecular complexity index is 842. The summed E-state index contributed by atoms with van der Waals surface area (Å²) >= 11 is 1.28. The molecule has 1 aromatic carbocycles. The molecule has 8 heteroatoms. The van der Waals surface area contributed by atoms with Gasteiger partial charge in [0.05, 0.1) is 7.11 Å². The molecule has 2 aromatic heterocycles. The van der Waals surface area contributed by atoms with E-state index in [-0.39, 0.29) is 5.56 Å². The number of aromatic nitrogens is 4. The first kappa shape index (κ1) is 13.5. The van der Waals surface area contributed by atoms with Crippen molar-refractivity contribution < 1.29 is 4.74 Å². The lowest BCUT2D eigenvalue weighted by Gasteiger charge is -2.03. The van der Waals surface area contributed by atoms with Gasteiger partial charge in [0.1, 0.15) is 11.4 Å². The van der Waals surface area contributed by atoms with Crippen molar-refractivity contribution in [3.8, 4) is 5.75 Å². The second kappa shape index (κ2) is 5.49. The molecule has 0 spiro atoms. The van der Waals surface area contributed by atoms with Crippen molar-refractivity contribution in [1.29, 1.82) is 0 Å². The van der Waals surface area contributed by atoms with Crippen LogP contribution in [-0.4, -0.2) is 34.0 Å². The smallest absolute Gasteiger partial charge is 0.297 e. The molecule has 108 valence electrons. The highest BCUT2D eigenvalue weighted by molar-refractivity contribution is 7.20. The Morgan fingerprint density at radius 2 is 2.24 bits per heavy atom. The van der Waals surface area contributed by atoms with E-state index in [1.165, 1.54) is 15.9 Å². The van der Waals surface area contributed by atoms with E-state index in [2.05, 4.69) is 20.6 Å². The van der Waals surface area contributed by atoms with E-state index < -0.39 is 0 Å². The van der Waals surface area contributed by atoms with E-state index in [9.17, 15) is 4.79 Å². The highest BCUT2D eigenvalue weighted by Crippen LogP contribution is 2.16. The SMILES string of the molecule is CNc1nn2c(=O)c(Cc3cccc(OC)c3)nnc2s1. The number of nitrogens with one attached hydrogen (secondary N) is 1. The largest absolute Gasteiger partial charge is 0.497 e. The van der Waals surface area contributed by atoms with Crippen LogP contribution in [0.3, 0.4) is 0 Å². The molecule has 0 fully saturated rings. The molecule has 0 saturated carbocycles. The Labute approximate surface area is 124 Å². The average molecular weight is 303 g/mol. The van der Waals surface area contributed by atoms with Crippen molar-refractivity contribution in [2.45, 2.75) is 6.42 Å². The van der Waals surface area contributed by atoms with Gasteiger partial charge in [-0.2, -0.15) is 4.52 Å². The molecular formula is C13H13N5O2S. The van der Waals surface area contributed by atoms with Gasteiger partial charge in [0.15, 0.2) is 0 Å². The first-order chi connectivity index (χ1) is 10.2. The Hall–Kier alpha value is -2.48. The second-order valence-corrected chi connectivity index (χ2v) is 5.29. The van der Waals surface area contributed by atoms with Crippen LogP contribution in [0, 0.1) is 0 Å². The number of ether oxygens (including phenoxy) is 1. The Kier molecular flexibility index (Phi) is 3.53. The zero-order chi connectivity index (χ0) is 14.8. The molecule has 1 N–H and O–H groups in total. The molecule has 0 radical (unpaired) electrons. The summed E-state index contributed by atoms with van der Waals surface area (Å²) in [6.07, 6.45) is 0.387. The van der Waals surface area contributed by atoms with Crippen LogP contribution >= 0.6 is 11.3 Å². The normalized spacial score (nSPS) is 10.8. The zero-order valence-corrected chi connectivity index (χ0v) is 12.3. The summed E-state index contributed by atoms with van der Waals surface area (Å²) in [6, 6.07) is 7.51. The summed E-state index contributed by atoms with van der Waals surface area (Å²) in [4.78, 5) is 12.8. The van der Waals surface area contributed by atoms with E-state index >= 15 is 0 Å². The fraction of sp³-hybridized carbons (Fsp3) is 0.231. The second-order valence-electron chi connectivity index (χ2n) is 4.33. The third-order valence-corrected chi connectivity index (χ3v) is 3.89. The Morgan fingerprint density at radius 1 is 1.38 bits per heavy atom. The maximum atomic E-state index is 12.4. The third kappa shape index (κ3) is 2.57. The summed E-state index contributed by atoms with van der Waals surface area (Å²) in [5.74, 6) is 0.743. The predicted octanol–water partition coefficient (Wildman–Crippen LogP) is 1.19. The van der Waals surface area contributed by atoms with Gasteiger partial charge in [-0.15, -0.1) is 15.3 Å². The van der Waals surface area contributed by atoms with Crippen LogP contribution in [-0.2, 0) is 6.42 Å².